The molecule has 118 valence electrons. The highest BCUT2D eigenvalue weighted by atomic mass is 16.1. The number of ketones is 1. The van der Waals surface area contributed by atoms with Gasteiger partial charge in [-0.15, -0.1) is 0 Å². The number of benzene rings is 1. The Labute approximate surface area is 130 Å². The molecule has 0 unspecified atom stereocenters. The lowest BCUT2D eigenvalue weighted by atomic mass is 9.82. The zero-order chi connectivity index (χ0) is 16.0. The number of rotatable bonds is 8. The maximum Gasteiger partial charge on any atom is 0.157 e. The van der Waals surface area contributed by atoms with E-state index in [1.54, 1.807) is 0 Å². The van der Waals surface area contributed by atoms with Crippen LogP contribution in [0.1, 0.15) is 57.2 Å². The summed E-state index contributed by atoms with van der Waals surface area (Å²) in [5, 5.41) is 0. The van der Waals surface area contributed by atoms with Crippen LogP contribution in [0.3, 0.4) is 0 Å². The second-order valence-electron chi connectivity index (χ2n) is 6.01. The fraction of sp³-hybridized carbons (Fsp3) is 0.632. The highest BCUT2D eigenvalue weighted by molar-refractivity contribution is 5.90. The molecule has 0 saturated heterocycles. The molecular weight excluding hydrogens is 258 g/mol. The van der Waals surface area contributed by atoms with Gasteiger partial charge in [0.05, 0.1) is 5.54 Å². The molecule has 0 amide bonds. The van der Waals surface area contributed by atoms with E-state index in [-0.39, 0.29) is 5.54 Å². The lowest BCUT2D eigenvalue weighted by Gasteiger charge is -2.41. The number of hydrogen-bond acceptors (Lipinski definition) is 2. The fourth-order valence-corrected chi connectivity index (χ4v) is 3.62. The molecule has 0 aliphatic carbocycles. The number of aryl methyl sites for hydroxylation is 2. The first-order valence-corrected chi connectivity index (χ1v) is 8.28. The van der Waals surface area contributed by atoms with Crippen molar-refractivity contribution in [1.29, 1.82) is 0 Å². The van der Waals surface area contributed by atoms with Crippen LogP contribution in [0.25, 0.3) is 0 Å². The highest BCUT2D eigenvalue weighted by Crippen LogP contribution is 2.27. The highest BCUT2D eigenvalue weighted by Gasteiger charge is 2.38. The van der Waals surface area contributed by atoms with E-state index >= 15 is 0 Å². The zero-order valence-electron chi connectivity index (χ0n) is 14.6. The predicted octanol–water partition coefficient (Wildman–Crippen LogP) is 4.32. The van der Waals surface area contributed by atoms with Crippen LogP contribution in [0.4, 0.5) is 0 Å². The van der Waals surface area contributed by atoms with Crippen LogP contribution in [0.5, 0.6) is 0 Å². The molecule has 0 aliphatic heterocycles. The topological polar surface area (TPSA) is 20.3 Å². The molecule has 2 nitrogen and oxygen atoms in total. The van der Waals surface area contributed by atoms with E-state index in [4.69, 9.17) is 0 Å². The summed E-state index contributed by atoms with van der Waals surface area (Å²) in [4.78, 5) is 15.4. The second-order valence-corrected chi connectivity index (χ2v) is 6.01. The second kappa shape index (κ2) is 7.74. The minimum absolute atomic E-state index is 0.304. The van der Waals surface area contributed by atoms with E-state index in [0.29, 0.717) is 12.2 Å². The van der Waals surface area contributed by atoms with Crippen molar-refractivity contribution in [3.8, 4) is 0 Å². The SMILES string of the molecule is CCN(CC)C(CC)(CC)C(=O)Cc1cc(C)cc(C)c1. The number of nitrogens with zero attached hydrogens (tertiary/aromatic N) is 1. The van der Waals surface area contributed by atoms with E-state index < -0.39 is 0 Å². The molecular formula is C19H31NO. The molecule has 0 radical (unpaired) electrons. The molecule has 0 fully saturated rings. The molecule has 0 aliphatic rings. The monoisotopic (exact) mass is 289 g/mol. The van der Waals surface area contributed by atoms with Crippen molar-refractivity contribution in [3.63, 3.8) is 0 Å². The zero-order valence-corrected chi connectivity index (χ0v) is 14.6. The Morgan fingerprint density at radius 2 is 1.43 bits per heavy atom. The van der Waals surface area contributed by atoms with Crippen LogP contribution < -0.4 is 0 Å². The number of carbonyl (C=O) groups excluding carboxylic acids is 1. The molecule has 2 heteroatoms. The average molecular weight is 289 g/mol. The van der Waals surface area contributed by atoms with Crippen molar-refractivity contribution in [1.82, 2.24) is 4.90 Å². The predicted molar refractivity (Wildman–Crippen MR) is 90.9 cm³/mol. The van der Waals surface area contributed by atoms with Gasteiger partial charge in [0.1, 0.15) is 0 Å². The Hall–Kier alpha value is -1.15. The number of Topliss-reactive ketones (excluding diaryl/α,β-unsaturated/α-hetero) is 1. The quantitative estimate of drug-likeness (QED) is 0.710. The van der Waals surface area contributed by atoms with Gasteiger partial charge in [0.2, 0.25) is 0 Å². The van der Waals surface area contributed by atoms with Gasteiger partial charge in [0.25, 0.3) is 0 Å². The lowest BCUT2D eigenvalue weighted by Crippen LogP contribution is -2.54. The summed E-state index contributed by atoms with van der Waals surface area (Å²) in [6, 6.07) is 6.44. The van der Waals surface area contributed by atoms with E-state index in [1.807, 2.05) is 0 Å². The largest absolute Gasteiger partial charge is 0.297 e. The Morgan fingerprint density at radius 1 is 0.952 bits per heavy atom. The number of likely N-dealkylation sites (N-methyl/N-ethyl adjacent to an activating group) is 1. The molecule has 0 aromatic heterocycles. The van der Waals surface area contributed by atoms with Crippen molar-refractivity contribution in [3.05, 3.63) is 34.9 Å². The molecule has 0 N–H and O–H groups in total. The Kier molecular flexibility index (Phi) is 6.60. The van der Waals surface area contributed by atoms with Crippen LogP contribution in [0.15, 0.2) is 18.2 Å². The van der Waals surface area contributed by atoms with Crippen LogP contribution >= 0.6 is 0 Å². The van der Waals surface area contributed by atoms with Gasteiger partial charge in [0, 0.05) is 6.42 Å². The summed E-state index contributed by atoms with van der Waals surface area (Å²) in [7, 11) is 0. The van der Waals surface area contributed by atoms with Gasteiger partial charge in [-0.2, -0.15) is 0 Å². The van der Waals surface area contributed by atoms with E-state index in [2.05, 4.69) is 64.6 Å². The molecule has 0 spiro atoms. The fourth-order valence-electron chi connectivity index (χ4n) is 3.62. The van der Waals surface area contributed by atoms with Crippen molar-refractivity contribution in [2.24, 2.45) is 0 Å². The average Bonchev–Trinajstić information content (AvgIpc) is 2.43. The van der Waals surface area contributed by atoms with Crippen molar-refractivity contribution >= 4 is 5.78 Å². The Morgan fingerprint density at radius 3 is 1.81 bits per heavy atom. The molecule has 1 rings (SSSR count). The minimum atomic E-state index is -0.304. The smallest absolute Gasteiger partial charge is 0.157 e. The van der Waals surface area contributed by atoms with Gasteiger partial charge in [-0.3, -0.25) is 9.69 Å². The van der Waals surface area contributed by atoms with Crippen LogP contribution in [0.2, 0.25) is 0 Å². The normalized spacial score (nSPS) is 12.0. The summed E-state index contributed by atoms with van der Waals surface area (Å²) >= 11 is 0. The van der Waals surface area contributed by atoms with Gasteiger partial charge in [-0.05, 0) is 45.3 Å². The van der Waals surface area contributed by atoms with Crippen molar-refractivity contribution in [2.45, 2.75) is 66.3 Å². The maximum absolute atomic E-state index is 13.0. The van der Waals surface area contributed by atoms with E-state index in [0.717, 1.165) is 31.5 Å². The van der Waals surface area contributed by atoms with E-state index in [1.165, 1.54) is 11.1 Å². The molecule has 1 aromatic rings. The van der Waals surface area contributed by atoms with Gasteiger partial charge in [0.15, 0.2) is 5.78 Å². The summed E-state index contributed by atoms with van der Waals surface area (Å²) in [5.74, 6) is 0.362. The third-order valence-corrected chi connectivity index (χ3v) is 4.70. The number of hydrogen-bond donors (Lipinski definition) is 0. The first-order chi connectivity index (χ1) is 9.93. The van der Waals surface area contributed by atoms with Crippen molar-refractivity contribution < 1.29 is 4.79 Å². The van der Waals surface area contributed by atoms with Crippen LogP contribution in [-0.4, -0.2) is 29.3 Å². The third-order valence-electron chi connectivity index (χ3n) is 4.70. The molecule has 21 heavy (non-hydrogen) atoms. The molecule has 0 atom stereocenters. The van der Waals surface area contributed by atoms with Crippen LogP contribution in [-0.2, 0) is 11.2 Å². The summed E-state index contributed by atoms with van der Waals surface area (Å²) < 4.78 is 0. The minimum Gasteiger partial charge on any atom is -0.297 e. The van der Waals surface area contributed by atoms with E-state index in [9.17, 15) is 4.79 Å². The van der Waals surface area contributed by atoms with Gasteiger partial charge in [-0.25, -0.2) is 0 Å². The van der Waals surface area contributed by atoms with Gasteiger partial charge < -0.3 is 0 Å². The molecule has 1 aromatic carbocycles. The Balaban J connectivity index is 3.06. The van der Waals surface area contributed by atoms with Crippen molar-refractivity contribution in [2.75, 3.05) is 13.1 Å². The molecule has 0 saturated carbocycles. The lowest BCUT2D eigenvalue weighted by molar-refractivity contribution is -0.131. The molecule has 0 bridgehead atoms. The third kappa shape index (κ3) is 3.94. The first-order valence-electron chi connectivity index (χ1n) is 8.28. The summed E-state index contributed by atoms with van der Waals surface area (Å²) in [6.45, 7) is 14.6. The summed E-state index contributed by atoms with van der Waals surface area (Å²) in [5.41, 5.74) is 3.32. The van der Waals surface area contributed by atoms with Gasteiger partial charge in [-0.1, -0.05) is 57.0 Å². The first kappa shape index (κ1) is 17.9. The number of carbonyl (C=O) groups is 1. The van der Waals surface area contributed by atoms with Crippen LogP contribution in [0, 0.1) is 13.8 Å². The summed E-state index contributed by atoms with van der Waals surface area (Å²) in [6.07, 6.45) is 2.31. The van der Waals surface area contributed by atoms with Gasteiger partial charge >= 0.3 is 0 Å². The Bertz CT molecular complexity index is 450. The standard InChI is InChI=1S/C19H31NO/c1-7-19(8-2,20(9-3)10-4)18(21)14-17-12-15(5)11-16(6)13-17/h11-13H,7-10,14H2,1-6H3. The molecule has 0 heterocycles. The maximum atomic E-state index is 13.0.